The maximum Gasteiger partial charge on any atom is 0.117 e. The number of nitrogens with one attached hydrogen (secondary N) is 2. The third-order valence-corrected chi connectivity index (χ3v) is 9.67. The SMILES string of the molecule is CC1=C(C#N)C(c2csc3cc(O)ccc23)C(C#N)=C(C)N1.CC1=C(C#N)C(c2csc3ccccc23)C(C#N)=C(C)N1. The van der Waals surface area contributed by atoms with E-state index < -0.39 is 0 Å². The highest BCUT2D eigenvalue weighted by molar-refractivity contribution is 7.17. The molecule has 0 atom stereocenters. The Labute approximate surface area is 257 Å². The van der Waals surface area contributed by atoms with Gasteiger partial charge in [0.05, 0.1) is 58.4 Å². The highest BCUT2D eigenvalue weighted by atomic mass is 32.1. The number of phenols is 1. The first kappa shape index (κ1) is 29.2. The molecule has 2 aromatic carbocycles. The van der Waals surface area contributed by atoms with Crippen molar-refractivity contribution >= 4 is 42.8 Å². The van der Waals surface area contributed by atoms with Gasteiger partial charge in [-0.25, -0.2) is 0 Å². The van der Waals surface area contributed by atoms with Crippen LogP contribution in [-0.2, 0) is 0 Å². The summed E-state index contributed by atoms with van der Waals surface area (Å²) >= 11 is 3.16. The minimum absolute atomic E-state index is 0.214. The molecule has 0 saturated heterocycles. The highest BCUT2D eigenvalue weighted by Gasteiger charge is 2.32. The molecule has 0 fully saturated rings. The monoisotopic (exact) mass is 598 g/mol. The average Bonchev–Trinajstić information content (AvgIpc) is 3.61. The van der Waals surface area contributed by atoms with Crippen molar-refractivity contribution in [1.29, 1.82) is 21.0 Å². The van der Waals surface area contributed by atoms with Crippen LogP contribution in [0.25, 0.3) is 20.2 Å². The standard InChI is InChI=1S/C17H13N3OS.C17H13N3S/c1-9-13(6-18)17(14(7-19)10(2)20-9)15-8-22-16-5-11(21)3-4-12(15)16;1-10-13(7-18)17(14(8-19)11(2)20-10)15-9-21-16-6-4-3-5-12(15)16/h3-5,8,17,20-21H,1-2H3;3-6,9,17,20H,1-2H3. The summed E-state index contributed by atoms with van der Waals surface area (Å²) in [4.78, 5) is 0. The molecular formula is C34H26N6OS2. The minimum Gasteiger partial charge on any atom is -0.508 e. The van der Waals surface area contributed by atoms with Crippen molar-refractivity contribution in [2.45, 2.75) is 39.5 Å². The van der Waals surface area contributed by atoms with Gasteiger partial charge in [0.2, 0.25) is 0 Å². The Morgan fingerprint density at radius 2 is 1.02 bits per heavy atom. The van der Waals surface area contributed by atoms with E-state index in [0.29, 0.717) is 22.3 Å². The molecule has 4 aromatic rings. The van der Waals surface area contributed by atoms with Crippen LogP contribution in [0.15, 0.2) is 98.3 Å². The number of dihydropyridines is 2. The third-order valence-electron chi connectivity index (χ3n) is 7.72. The molecule has 43 heavy (non-hydrogen) atoms. The maximum atomic E-state index is 9.60. The van der Waals surface area contributed by atoms with Crippen molar-refractivity contribution in [3.05, 3.63) is 109 Å². The molecule has 0 saturated carbocycles. The molecule has 2 aromatic heterocycles. The second-order valence-corrected chi connectivity index (χ2v) is 12.1. The van der Waals surface area contributed by atoms with Crippen molar-refractivity contribution in [1.82, 2.24) is 10.6 Å². The van der Waals surface area contributed by atoms with Crippen LogP contribution < -0.4 is 10.6 Å². The molecule has 0 bridgehead atoms. The van der Waals surface area contributed by atoms with Gasteiger partial charge in [-0.15, -0.1) is 22.7 Å². The van der Waals surface area contributed by atoms with Crippen LogP contribution in [0.3, 0.4) is 0 Å². The fourth-order valence-electron chi connectivity index (χ4n) is 5.69. The van der Waals surface area contributed by atoms with Crippen molar-refractivity contribution in [3.63, 3.8) is 0 Å². The van der Waals surface area contributed by atoms with Gasteiger partial charge in [0.1, 0.15) is 5.75 Å². The normalized spacial score (nSPS) is 15.7. The van der Waals surface area contributed by atoms with Gasteiger partial charge in [0, 0.05) is 32.2 Å². The summed E-state index contributed by atoms with van der Waals surface area (Å²) in [6.07, 6.45) is 0. The van der Waals surface area contributed by atoms with E-state index in [1.165, 1.54) is 16.0 Å². The zero-order valence-electron chi connectivity index (χ0n) is 23.9. The molecular weight excluding hydrogens is 573 g/mol. The van der Waals surface area contributed by atoms with E-state index in [0.717, 1.165) is 49.4 Å². The summed E-state index contributed by atoms with van der Waals surface area (Å²) < 4.78 is 2.12. The number of hydrogen-bond donors (Lipinski definition) is 3. The number of rotatable bonds is 2. The zero-order valence-corrected chi connectivity index (χ0v) is 25.5. The largest absolute Gasteiger partial charge is 0.508 e. The number of hydrogen-bond acceptors (Lipinski definition) is 9. The van der Waals surface area contributed by atoms with Gasteiger partial charge in [-0.05, 0) is 84.6 Å². The molecule has 0 radical (unpaired) electrons. The Morgan fingerprint density at radius 3 is 1.49 bits per heavy atom. The summed E-state index contributed by atoms with van der Waals surface area (Å²) in [6.45, 7) is 7.47. The van der Waals surface area contributed by atoms with Crippen LogP contribution in [0, 0.1) is 45.3 Å². The van der Waals surface area contributed by atoms with Crippen LogP contribution >= 0.6 is 22.7 Å². The highest BCUT2D eigenvalue weighted by Crippen LogP contribution is 2.44. The predicted molar refractivity (Wildman–Crippen MR) is 170 cm³/mol. The lowest BCUT2D eigenvalue weighted by molar-refractivity contribution is 0.476. The molecule has 0 unspecified atom stereocenters. The van der Waals surface area contributed by atoms with Gasteiger partial charge in [0.25, 0.3) is 0 Å². The van der Waals surface area contributed by atoms with Crippen molar-refractivity contribution in [2.75, 3.05) is 0 Å². The van der Waals surface area contributed by atoms with Crippen LogP contribution in [0.5, 0.6) is 5.75 Å². The molecule has 4 heterocycles. The lowest BCUT2D eigenvalue weighted by Crippen LogP contribution is -2.23. The van der Waals surface area contributed by atoms with E-state index in [9.17, 15) is 26.2 Å². The number of aromatic hydroxyl groups is 1. The van der Waals surface area contributed by atoms with E-state index in [-0.39, 0.29) is 17.6 Å². The Hall–Kier alpha value is -5.32. The van der Waals surface area contributed by atoms with E-state index >= 15 is 0 Å². The molecule has 210 valence electrons. The first-order valence-electron chi connectivity index (χ1n) is 13.4. The fourth-order valence-corrected chi connectivity index (χ4v) is 7.69. The van der Waals surface area contributed by atoms with Crippen LogP contribution in [0.4, 0.5) is 0 Å². The van der Waals surface area contributed by atoms with E-state index in [2.05, 4.69) is 52.4 Å². The van der Waals surface area contributed by atoms with Gasteiger partial charge in [0.15, 0.2) is 0 Å². The Morgan fingerprint density at radius 1 is 0.605 bits per heavy atom. The first-order chi connectivity index (χ1) is 20.7. The Balaban J connectivity index is 0.000000171. The maximum absolute atomic E-state index is 9.60. The molecule has 3 N–H and O–H groups in total. The van der Waals surface area contributed by atoms with E-state index in [1.807, 2.05) is 51.3 Å². The van der Waals surface area contributed by atoms with Crippen LogP contribution in [0.1, 0.15) is 50.7 Å². The number of phenolic OH excluding ortho intramolecular Hbond substituents is 1. The summed E-state index contributed by atoms with van der Waals surface area (Å²) in [7, 11) is 0. The van der Waals surface area contributed by atoms with E-state index in [4.69, 9.17) is 0 Å². The summed E-state index contributed by atoms with van der Waals surface area (Å²) in [6, 6.07) is 22.3. The number of nitriles is 4. The van der Waals surface area contributed by atoms with Crippen molar-refractivity contribution < 1.29 is 5.11 Å². The van der Waals surface area contributed by atoms with Crippen LogP contribution in [-0.4, -0.2) is 5.11 Å². The quantitative estimate of drug-likeness (QED) is 0.212. The lowest BCUT2D eigenvalue weighted by atomic mass is 9.81. The summed E-state index contributed by atoms with van der Waals surface area (Å²) in [5.74, 6) is -0.405. The molecule has 0 spiro atoms. The lowest BCUT2D eigenvalue weighted by Gasteiger charge is -2.25. The number of allylic oxidation sites excluding steroid dienone is 8. The second kappa shape index (κ2) is 11.9. The molecule has 9 heteroatoms. The van der Waals surface area contributed by atoms with Gasteiger partial charge in [-0.1, -0.05) is 18.2 Å². The van der Waals surface area contributed by atoms with Crippen molar-refractivity contribution in [3.8, 4) is 30.0 Å². The molecule has 0 amide bonds. The fraction of sp³-hybridized carbons (Fsp3) is 0.176. The molecule has 0 aliphatic carbocycles. The molecule has 7 nitrogen and oxygen atoms in total. The Bertz CT molecular complexity index is 2020. The summed E-state index contributed by atoms with van der Waals surface area (Å²) in [5, 5.41) is 60.1. The number of benzene rings is 2. The first-order valence-corrected chi connectivity index (χ1v) is 15.1. The molecule has 2 aliphatic rings. The second-order valence-electron chi connectivity index (χ2n) is 10.3. The van der Waals surface area contributed by atoms with Gasteiger partial charge >= 0.3 is 0 Å². The summed E-state index contributed by atoms with van der Waals surface area (Å²) in [5.41, 5.74) is 7.58. The van der Waals surface area contributed by atoms with Gasteiger partial charge < -0.3 is 15.7 Å². The smallest absolute Gasteiger partial charge is 0.117 e. The predicted octanol–water partition coefficient (Wildman–Crippen LogP) is 8.07. The topological polar surface area (TPSA) is 139 Å². The number of thiophene rings is 2. The zero-order chi connectivity index (χ0) is 30.8. The van der Waals surface area contributed by atoms with Gasteiger partial charge in [-0.3, -0.25) is 0 Å². The number of nitrogens with zero attached hydrogens (tertiary/aromatic N) is 4. The van der Waals surface area contributed by atoms with E-state index in [1.54, 1.807) is 23.5 Å². The van der Waals surface area contributed by atoms with Crippen LogP contribution in [0.2, 0.25) is 0 Å². The van der Waals surface area contributed by atoms with Crippen molar-refractivity contribution in [2.24, 2.45) is 0 Å². The van der Waals surface area contributed by atoms with Gasteiger partial charge in [-0.2, -0.15) is 21.0 Å². The number of fused-ring (bicyclic) bond motifs is 2. The minimum atomic E-state index is -0.352. The third kappa shape index (κ3) is 5.14. The average molecular weight is 599 g/mol. The molecule has 2 aliphatic heterocycles. The Kier molecular flexibility index (Phi) is 8.07. The molecule has 6 rings (SSSR count).